The van der Waals surface area contributed by atoms with Crippen molar-refractivity contribution >= 4 is 17.7 Å². The number of carbonyl (C=O) groups excluding carboxylic acids is 1. The molecule has 3 heterocycles. The molecule has 0 aromatic heterocycles. The fourth-order valence-electron chi connectivity index (χ4n) is 4.43. The third-order valence-corrected chi connectivity index (χ3v) is 7.32. The molecule has 2 spiro atoms. The van der Waals surface area contributed by atoms with Gasteiger partial charge in [-0.25, -0.2) is 4.42 Å². The Labute approximate surface area is 156 Å². The van der Waals surface area contributed by atoms with Gasteiger partial charge < -0.3 is 14.2 Å². The summed E-state index contributed by atoms with van der Waals surface area (Å²) in [5.74, 6) is -0.0903. The maximum Gasteiger partial charge on any atom is 0.311 e. The third-order valence-electron chi connectivity index (χ3n) is 6.61. The van der Waals surface area contributed by atoms with Crippen molar-refractivity contribution in [3.8, 4) is 0 Å². The van der Waals surface area contributed by atoms with E-state index in [0.717, 1.165) is 71.4 Å². The lowest BCUT2D eigenvalue weighted by Gasteiger charge is -2.58. The van der Waals surface area contributed by atoms with Crippen LogP contribution in [0.1, 0.15) is 65.7 Å². The van der Waals surface area contributed by atoms with Crippen LogP contribution < -0.4 is 0 Å². The third kappa shape index (κ3) is 3.71. The van der Waals surface area contributed by atoms with Crippen LogP contribution in [0.4, 0.5) is 0 Å². The van der Waals surface area contributed by atoms with Gasteiger partial charge in [-0.1, -0.05) is 6.92 Å². The van der Waals surface area contributed by atoms with E-state index in [1.54, 1.807) is 0 Å². The molecule has 0 N–H and O–H groups in total. The minimum atomic E-state index is -0.441. The minimum absolute atomic E-state index is 0.0791. The Bertz CT molecular complexity index is 456. The maximum absolute atomic E-state index is 12.7. The molecule has 0 aromatic carbocycles. The molecule has 0 aliphatic carbocycles. The zero-order valence-corrected chi connectivity index (χ0v) is 16.6. The van der Waals surface area contributed by atoms with Crippen LogP contribution in [-0.4, -0.2) is 54.0 Å². The van der Waals surface area contributed by atoms with Crippen molar-refractivity contribution in [3.63, 3.8) is 0 Å². The zero-order chi connectivity index (χ0) is 18.1. The Morgan fingerprint density at radius 1 is 1.08 bits per heavy atom. The fraction of sp³-hybridized carbons (Fsp3) is 0.947. The van der Waals surface area contributed by atoms with Gasteiger partial charge in [0.15, 0.2) is 0 Å². The van der Waals surface area contributed by atoms with Gasteiger partial charge in [0, 0.05) is 50.3 Å². The summed E-state index contributed by atoms with van der Waals surface area (Å²) in [5.41, 5.74) is -0.725. The standard InChI is InChI=1S/C19H32ClNO4/c1-4-17(2,3)16(22)25-15-13-18(5-9-23-10-6-18)21(20)19(14-15)7-11-24-12-8-19/h15H,4-14H2,1-3H3. The van der Waals surface area contributed by atoms with Gasteiger partial charge in [0.1, 0.15) is 6.10 Å². The normalized spacial score (nSPS) is 29.7. The molecule has 3 fully saturated rings. The highest BCUT2D eigenvalue weighted by Gasteiger charge is 2.56. The predicted octanol–water partition coefficient (Wildman–Crippen LogP) is 3.68. The van der Waals surface area contributed by atoms with E-state index < -0.39 is 5.41 Å². The number of hydrogen-bond donors (Lipinski definition) is 0. The number of piperidine rings is 1. The topological polar surface area (TPSA) is 48.0 Å². The summed E-state index contributed by atoms with van der Waals surface area (Å²) in [7, 11) is 0. The second-order valence-electron chi connectivity index (χ2n) is 8.63. The molecule has 144 valence electrons. The number of hydrogen-bond acceptors (Lipinski definition) is 5. The second-order valence-corrected chi connectivity index (χ2v) is 8.97. The summed E-state index contributed by atoms with van der Waals surface area (Å²) in [5, 5.41) is 0. The molecular weight excluding hydrogens is 342 g/mol. The average molecular weight is 374 g/mol. The number of carbonyl (C=O) groups is 1. The van der Waals surface area contributed by atoms with Crippen LogP contribution in [0, 0.1) is 5.41 Å². The molecule has 3 aliphatic rings. The van der Waals surface area contributed by atoms with Crippen molar-refractivity contribution in [3.05, 3.63) is 0 Å². The van der Waals surface area contributed by atoms with Crippen molar-refractivity contribution in [2.24, 2.45) is 5.41 Å². The van der Waals surface area contributed by atoms with Crippen LogP contribution in [0.3, 0.4) is 0 Å². The molecule has 0 bridgehead atoms. The second kappa shape index (κ2) is 7.34. The maximum atomic E-state index is 12.7. The van der Waals surface area contributed by atoms with E-state index in [1.807, 2.05) is 20.8 Å². The lowest BCUT2D eigenvalue weighted by molar-refractivity contribution is -0.176. The van der Waals surface area contributed by atoms with Gasteiger partial charge in [-0.2, -0.15) is 0 Å². The molecule has 0 amide bonds. The predicted molar refractivity (Wildman–Crippen MR) is 96.4 cm³/mol. The molecule has 3 rings (SSSR count). The molecule has 0 aromatic rings. The van der Waals surface area contributed by atoms with Crippen LogP contribution in [0.25, 0.3) is 0 Å². The highest BCUT2D eigenvalue weighted by atomic mass is 35.5. The first-order valence-electron chi connectivity index (χ1n) is 9.66. The minimum Gasteiger partial charge on any atom is -0.462 e. The first-order valence-corrected chi connectivity index (χ1v) is 10.0. The van der Waals surface area contributed by atoms with E-state index in [2.05, 4.69) is 4.42 Å². The van der Waals surface area contributed by atoms with Crippen molar-refractivity contribution in [1.29, 1.82) is 0 Å². The van der Waals surface area contributed by atoms with Gasteiger partial charge in [-0.05, 0) is 57.7 Å². The Balaban J connectivity index is 1.83. The van der Waals surface area contributed by atoms with E-state index >= 15 is 0 Å². The van der Waals surface area contributed by atoms with Gasteiger partial charge >= 0.3 is 5.97 Å². The lowest BCUT2D eigenvalue weighted by Crippen LogP contribution is -2.66. The average Bonchev–Trinajstić information content (AvgIpc) is 2.61. The summed E-state index contributed by atoms with van der Waals surface area (Å²) < 4.78 is 19.3. The molecular formula is C19H32ClNO4. The largest absolute Gasteiger partial charge is 0.462 e. The van der Waals surface area contributed by atoms with Crippen molar-refractivity contribution in [1.82, 2.24) is 4.42 Å². The molecule has 5 nitrogen and oxygen atoms in total. The Morgan fingerprint density at radius 2 is 1.52 bits per heavy atom. The monoisotopic (exact) mass is 373 g/mol. The zero-order valence-electron chi connectivity index (χ0n) is 15.8. The van der Waals surface area contributed by atoms with Gasteiger partial charge in [-0.15, -0.1) is 0 Å². The van der Waals surface area contributed by atoms with Crippen molar-refractivity contribution in [2.45, 2.75) is 82.9 Å². The van der Waals surface area contributed by atoms with E-state index in [1.165, 1.54) is 0 Å². The SMILES string of the molecule is CCC(C)(C)C(=O)OC1CC2(CCOCC2)N(Cl)C2(CCOCC2)C1. The summed E-state index contributed by atoms with van der Waals surface area (Å²) in [6, 6.07) is 0. The van der Waals surface area contributed by atoms with Crippen molar-refractivity contribution in [2.75, 3.05) is 26.4 Å². The van der Waals surface area contributed by atoms with E-state index in [4.69, 9.17) is 26.0 Å². The highest BCUT2D eigenvalue weighted by Crippen LogP contribution is 2.50. The fourth-order valence-corrected chi connectivity index (χ4v) is 4.90. The number of nitrogens with zero attached hydrogens (tertiary/aromatic N) is 1. The Kier molecular flexibility index (Phi) is 5.69. The molecule has 6 heteroatoms. The number of esters is 1. The van der Waals surface area contributed by atoms with Gasteiger partial charge in [0.2, 0.25) is 0 Å². The molecule has 0 atom stereocenters. The molecule has 25 heavy (non-hydrogen) atoms. The van der Waals surface area contributed by atoms with E-state index in [0.29, 0.717) is 0 Å². The number of halogens is 1. The van der Waals surface area contributed by atoms with Crippen LogP contribution in [0.5, 0.6) is 0 Å². The molecule has 3 aliphatic heterocycles. The first-order chi connectivity index (χ1) is 11.8. The summed E-state index contributed by atoms with van der Waals surface area (Å²) in [6.07, 6.45) is 5.87. The van der Waals surface area contributed by atoms with Gasteiger partial charge in [0.05, 0.1) is 5.41 Å². The van der Waals surface area contributed by atoms with Crippen LogP contribution in [0.15, 0.2) is 0 Å². The quantitative estimate of drug-likeness (QED) is 0.557. The molecule has 3 saturated heterocycles. The van der Waals surface area contributed by atoms with Crippen LogP contribution >= 0.6 is 11.8 Å². The lowest BCUT2D eigenvalue weighted by atomic mass is 9.70. The van der Waals surface area contributed by atoms with E-state index in [-0.39, 0.29) is 23.2 Å². The van der Waals surface area contributed by atoms with Gasteiger partial charge in [-0.3, -0.25) is 4.79 Å². The Morgan fingerprint density at radius 3 is 1.92 bits per heavy atom. The van der Waals surface area contributed by atoms with Crippen molar-refractivity contribution < 1.29 is 19.0 Å². The number of ether oxygens (including phenoxy) is 3. The molecule has 0 unspecified atom stereocenters. The van der Waals surface area contributed by atoms with Crippen LogP contribution in [0.2, 0.25) is 0 Å². The Hall–Kier alpha value is -0.360. The van der Waals surface area contributed by atoms with E-state index in [9.17, 15) is 4.79 Å². The molecule has 0 saturated carbocycles. The number of rotatable bonds is 3. The smallest absolute Gasteiger partial charge is 0.311 e. The van der Waals surface area contributed by atoms with Gasteiger partial charge in [0.25, 0.3) is 0 Å². The summed E-state index contributed by atoms with van der Waals surface area (Å²) >= 11 is 6.99. The van der Waals surface area contributed by atoms with Crippen LogP contribution in [-0.2, 0) is 19.0 Å². The molecule has 0 radical (unpaired) electrons. The highest BCUT2D eigenvalue weighted by molar-refractivity contribution is 6.14. The summed E-state index contributed by atoms with van der Waals surface area (Å²) in [6.45, 7) is 8.82. The first kappa shape index (κ1) is 19.4. The summed E-state index contributed by atoms with van der Waals surface area (Å²) in [4.78, 5) is 12.7.